The highest BCUT2D eigenvalue weighted by atomic mass is 19.1. The van der Waals surface area contributed by atoms with E-state index in [1.165, 1.54) is 6.07 Å². The number of hydrogen-bond donors (Lipinski definition) is 2. The highest BCUT2D eigenvalue weighted by molar-refractivity contribution is 5.93. The van der Waals surface area contributed by atoms with Gasteiger partial charge in [-0.1, -0.05) is 6.07 Å². The highest BCUT2D eigenvalue weighted by Crippen LogP contribution is 2.29. The van der Waals surface area contributed by atoms with Gasteiger partial charge in [0.15, 0.2) is 11.5 Å². The molecule has 0 unspecified atom stereocenters. The zero-order valence-corrected chi connectivity index (χ0v) is 19.7. The number of piperazine rings is 1. The lowest BCUT2D eigenvalue weighted by atomic mass is 10.1. The average molecular weight is 472 g/mol. The molecule has 10 heteroatoms. The number of pyridine rings is 2. The Balaban J connectivity index is 1.17. The first-order valence-electron chi connectivity index (χ1n) is 11.6. The predicted octanol–water partition coefficient (Wildman–Crippen LogP) is 3.48. The molecule has 1 saturated heterocycles. The second-order valence-corrected chi connectivity index (χ2v) is 9.00. The second-order valence-electron chi connectivity index (χ2n) is 9.00. The number of nitrogens with one attached hydrogen (secondary N) is 2. The van der Waals surface area contributed by atoms with Crippen LogP contribution in [0.3, 0.4) is 0 Å². The van der Waals surface area contributed by atoms with Gasteiger partial charge in [-0.25, -0.2) is 19.3 Å². The number of rotatable bonds is 5. The van der Waals surface area contributed by atoms with Crippen LogP contribution in [0.1, 0.15) is 11.3 Å². The van der Waals surface area contributed by atoms with Crippen LogP contribution in [0.2, 0.25) is 0 Å². The summed E-state index contributed by atoms with van der Waals surface area (Å²) in [7, 11) is 2.15. The van der Waals surface area contributed by atoms with E-state index in [1.807, 2.05) is 25.5 Å². The minimum Gasteiger partial charge on any atom is -0.354 e. The van der Waals surface area contributed by atoms with Crippen molar-refractivity contribution in [2.24, 2.45) is 0 Å². The number of aryl methyl sites for hydroxylation is 1. The van der Waals surface area contributed by atoms with E-state index in [4.69, 9.17) is 0 Å². The van der Waals surface area contributed by atoms with E-state index in [0.717, 1.165) is 59.8 Å². The lowest BCUT2D eigenvalue weighted by molar-refractivity contribution is 0.312. The lowest BCUT2D eigenvalue weighted by Crippen LogP contribution is -2.44. The highest BCUT2D eigenvalue weighted by Gasteiger charge is 2.16. The van der Waals surface area contributed by atoms with Gasteiger partial charge in [0.05, 0.1) is 0 Å². The number of anilines is 2. The molecule has 0 atom stereocenters. The fourth-order valence-electron chi connectivity index (χ4n) is 4.47. The summed E-state index contributed by atoms with van der Waals surface area (Å²) in [4.78, 5) is 25.7. The SMILES string of the molecule is Cc1cnc2c(F)cc(-c3c[nH]c4nc(NCc5ccc(N6CCN(C)CC6)nc5)ncc34)cn12. The number of halogens is 1. The number of H-pyrrole nitrogens is 1. The van der Waals surface area contributed by atoms with Crippen molar-refractivity contribution in [3.05, 3.63) is 66.3 Å². The first-order chi connectivity index (χ1) is 17.0. The van der Waals surface area contributed by atoms with Gasteiger partial charge >= 0.3 is 0 Å². The predicted molar refractivity (Wildman–Crippen MR) is 134 cm³/mol. The average Bonchev–Trinajstić information content (AvgIpc) is 3.47. The van der Waals surface area contributed by atoms with Crippen LogP contribution in [0.4, 0.5) is 16.2 Å². The van der Waals surface area contributed by atoms with E-state index in [0.29, 0.717) is 23.8 Å². The molecule has 0 amide bonds. The van der Waals surface area contributed by atoms with Crippen LogP contribution < -0.4 is 10.2 Å². The molecule has 1 fully saturated rings. The molecule has 1 aliphatic rings. The molecule has 6 heterocycles. The summed E-state index contributed by atoms with van der Waals surface area (Å²) in [6.45, 7) is 6.56. The number of likely N-dealkylation sites (N-methyl/N-ethyl adjacent to an activating group) is 1. The molecule has 5 aromatic heterocycles. The van der Waals surface area contributed by atoms with Crippen LogP contribution in [0, 0.1) is 12.7 Å². The summed E-state index contributed by atoms with van der Waals surface area (Å²) < 4.78 is 16.3. The van der Waals surface area contributed by atoms with Gasteiger partial charge in [-0.2, -0.15) is 4.98 Å². The monoisotopic (exact) mass is 471 g/mol. The summed E-state index contributed by atoms with van der Waals surface area (Å²) in [6, 6.07) is 5.65. The van der Waals surface area contributed by atoms with E-state index in [-0.39, 0.29) is 5.82 Å². The Labute approximate surface area is 201 Å². The van der Waals surface area contributed by atoms with E-state index in [2.05, 4.69) is 59.2 Å². The van der Waals surface area contributed by atoms with Gasteiger partial charge in [-0.3, -0.25) is 0 Å². The first-order valence-corrected chi connectivity index (χ1v) is 11.6. The van der Waals surface area contributed by atoms with Crippen LogP contribution in [0.5, 0.6) is 0 Å². The van der Waals surface area contributed by atoms with Gasteiger partial charge in [0.1, 0.15) is 11.5 Å². The third-order valence-corrected chi connectivity index (χ3v) is 6.58. The maximum absolute atomic E-state index is 14.6. The smallest absolute Gasteiger partial charge is 0.224 e. The van der Waals surface area contributed by atoms with Crippen molar-refractivity contribution in [3.8, 4) is 11.1 Å². The van der Waals surface area contributed by atoms with Crippen molar-refractivity contribution in [1.29, 1.82) is 0 Å². The molecule has 6 rings (SSSR count). The van der Waals surface area contributed by atoms with E-state index >= 15 is 0 Å². The van der Waals surface area contributed by atoms with Crippen LogP contribution >= 0.6 is 0 Å². The minimum absolute atomic E-state index is 0.319. The Kier molecular flexibility index (Phi) is 5.29. The molecule has 0 radical (unpaired) electrons. The fraction of sp³-hybridized carbons (Fsp3) is 0.280. The molecule has 35 heavy (non-hydrogen) atoms. The van der Waals surface area contributed by atoms with Crippen molar-refractivity contribution < 1.29 is 4.39 Å². The summed E-state index contributed by atoms with van der Waals surface area (Å²) in [5.41, 5.74) is 4.50. The summed E-state index contributed by atoms with van der Waals surface area (Å²) in [6.07, 6.45) is 9.03. The van der Waals surface area contributed by atoms with Crippen molar-refractivity contribution in [3.63, 3.8) is 0 Å². The third kappa shape index (κ3) is 4.06. The molecular formula is C25H26FN9. The first kappa shape index (κ1) is 21.5. The van der Waals surface area contributed by atoms with Crippen molar-refractivity contribution in [2.45, 2.75) is 13.5 Å². The zero-order chi connectivity index (χ0) is 23.9. The largest absolute Gasteiger partial charge is 0.354 e. The number of hydrogen-bond acceptors (Lipinski definition) is 7. The molecule has 5 aromatic rings. The molecule has 0 spiro atoms. The van der Waals surface area contributed by atoms with Gasteiger partial charge in [-0.15, -0.1) is 0 Å². The summed E-state index contributed by atoms with van der Waals surface area (Å²) in [5.74, 6) is 1.16. The number of aromatic nitrogens is 6. The zero-order valence-electron chi connectivity index (χ0n) is 19.7. The van der Waals surface area contributed by atoms with E-state index in [9.17, 15) is 4.39 Å². The summed E-state index contributed by atoms with van der Waals surface area (Å²) in [5, 5.41) is 4.09. The van der Waals surface area contributed by atoms with Gasteiger partial charge < -0.3 is 24.5 Å². The second kappa shape index (κ2) is 8.62. The Morgan fingerprint density at radius 3 is 2.71 bits per heavy atom. The van der Waals surface area contributed by atoms with Crippen LogP contribution in [0.15, 0.2) is 49.2 Å². The van der Waals surface area contributed by atoms with Gasteiger partial charge in [0.25, 0.3) is 0 Å². The minimum atomic E-state index is -0.364. The van der Waals surface area contributed by atoms with E-state index < -0.39 is 0 Å². The Morgan fingerprint density at radius 2 is 1.91 bits per heavy atom. The number of imidazole rings is 1. The standard InChI is InChI=1S/C25H26FN9/c1-16-10-29-24-21(26)9-18(15-35(16)24)19-13-28-23-20(19)14-31-25(32-23)30-12-17-3-4-22(27-11-17)34-7-5-33(2)6-8-34/h3-4,9-11,13-15H,5-8,12H2,1-2H3,(H2,28,30,31,32). The molecular weight excluding hydrogens is 445 g/mol. The Hall–Kier alpha value is -4.05. The van der Waals surface area contributed by atoms with Crippen LogP contribution in [-0.4, -0.2) is 67.4 Å². The van der Waals surface area contributed by atoms with Crippen LogP contribution in [0.25, 0.3) is 27.8 Å². The van der Waals surface area contributed by atoms with E-state index in [1.54, 1.807) is 16.8 Å². The van der Waals surface area contributed by atoms with Crippen LogP contribution in [-0.2, 0) is 6.54 Å². The molecule has 9 nitrogen and oxygen atoms in total. The van der Waals surface area contributed by atoms with Gasteiger partial charge in [0, 0.05) is 85.9 Å². The van der Waals surface area contributed by atoms with Gasteiger partial charge in [-0.05, 0) is 31.7 Å². The molecule has 0 aromatic carbocycles. The van der Waals surface area contributed by atoms with Crippen molar-refractivity contribution >= 4 is 28.4 Å². The lowest BCUT2D eigenvalue weighted by Gasteiger charge is -2.33. The van der Waals surface area contributed by atoms with Crippen molar-refractivity contribution in [2.75, 3.05) is 43.4 Å². The number of fused-ring (bicyclic) bond motifs is 2. The normalized spacial score (nSPS) is 14.8. The topological polar surface area (TPSA) is 90.3 Å². The fourth-order valence-corrected chi connectivity index (χ4v) is 4.47. The third-order valence-electron chi connectivity index (χ3n) is 6.58. The molecule has 0 aliphatic carbocycles. The maximum atomic E-state index is 14.6. The quantitative estimate of drug-likeness (QED) is 0.406. The van der Waals surface area contributed by atoms with Gasteiger partial charge in [0.2, 0.25) is 5.95 Å². The maximum Gasteiger partial charge on any atom is 0.224 e. The Bertz CT molecular complexity index is 1500. The van der Waals surface area contributed by atoms with Crippen molar-refractivity contribution in [1.82, 2.24) is 34.2 Å². The number of aromatic amines is 1. The number of nitrogens with zero attached hydrogens (tertiary/aromatic N) is 7. The molecule has 178 valence electrons. The Morgan fingerprint density at radius 1 is 1.06 bits per heavy atom. The summed E-state index contributed by atoms with van der Waals surface area (Å²) >= 11 is 0. The molecule has 2 N–H and O–H groups in total. The molecule has 1 aliphatic heterocycles. The molecule has 0 bridgehead atoms. The molecule has 0 saturated carbocycles.